The van der Waals surface area contributed by atoms with Gasteiger partial charge in [-0.3, -0.25) is 13.8 Å². The average molecular weight is 575 g/mol. The molecule has 9 nitrogen and oxygen atoms in total. The molecule has 0 spiro atoms. The van der Waals surface area contributed by atoms with E-state index in [4.69, 9.17) is 14.8 Å². The van der Waals surface area contributed by atoms with Crippen molar-refractivity contribution < 1.29 is 33.5 Å². The minimum absolute atomic E-state index is 0.0416. The van der Waals surface area contributed by atoms with E-state index in [0.29, 0.717) is 12.8 Å². The maximum absolute atomic E-state index is 12.6. The number of nitrogens with two attached hydrogens (primary N) is 1. The highest BCUT2D eigenvalue weighted by molar-refractivity contribution is 7.47. The van der Waals surface area contributed by atoms with Crippen molar-refractivity contribution in [2.24, 2.45) is 5.73 Å². The summed E-state index contributed by atoms with van der Waals surface area (Å²) in [6, 6.07) is -0.998. The number of amides is 1. The van der Waals surface area contributed by atoms with Gasteiger partial charge in [-0.1, -0.05) is 95.2 Å². The van der Waals surface area contributed by atoms with Crippen LogP contribution >= 0.6 is 7.82 Å². The first-order chi connectivity index (χ1) is 18.8. The minimum atomic E-state index is -4.39. The molecule has 4 atom stereocenters. The number of aliphatic hydroxyl groups is 2. The van der Waals surface area contributed by atoms with Crippen LogP contribution in [-0.4, -0.2) is 59.0 Å². The lowest BCUT2D eigenvalue weighted by molar-refractivity contribution is -0.124. The van der Waals surface area contributed by atoms with Crippen molar-refractivity contribution in [1.82, 2.24) is 5.32 Å². The number of rotatable bonds is 26. The number of carbonyl (C=O) groups is 1. The maximum Gasteiger partial charge on any atom is 0.472 e. The molecule has 0 aromatic heterocycles. The number of nitrogens with one attached hydrogen (secondary N) is 1. The number of phosphoric ester groups is 1. The van der Waals surface area contributed by atoms with E-state index < -0.39 is 38.6 Å². The Bertz CT molecular complexity index is 730. The summed E-state index contributed by atoms with van der Waals surface area (Å²) in [5, 5.41) is 23.6. The summed E-state index contributed by atoms with van der Waals surface area (Å²) < 4.78 is 21.7. The van der Waals surface area contributed by atoms with Gasteiger partial charge < -0.3 is 26.2 Å². The van der Waals surface area contributed by atoms with E-state index in [0.717, 1.165) is 44.9 Å². The van der Waals surface area contributed by atoms with E-state index in [1.165, 1.54) is 31.8 Å². The van der Waals surface area contributed by atoms with Gasteiger partial charge in [0.1, 0.15) is 0 Å². The van der Waals surface area contributed by atoms with Crippen LogP contribution in [0, 0.1) is 0 Å². The molecule has 6 N–H and O–H groups in total. The Labute approximate surface area is 236 Å². The lowest BCUT2D eigenvalue weighted by Gasteiger charge is -2.24. The molecule has 0 heterocycles. The summed E-state index contributed by atoms with van der Waals surface area (Å²) in [5.74, 6) is -0.470. The molecule has 0 bridgehead atoms. The second-order valence-electron chi connectivity index (χ2n) is 9.75. The van der Waals surface area contributed by atoms with Gasteiger partial charge in [0.25, 0.3) is 0 Å². The monoisotopic (exact) mass is 574 g/mol. The van der Waals surface area contributed by atoms with Crippen molar-refractivity contribution >= 4 is 13.7 Å². The summed E-state index contributed by atoms with van der Waals surface area (Å²) in [7, 11) is -4.39. The molecule has 4 unspecified atom stereocenters. The summed E-state index contributed by atoms with van der Waals surface area (Å²) in [4.78, 5) is 22.4. The molecule has 0 rings (SSSR count). The third-order valence-electron chi connectivity index (χ3n) is 6.01. The third kappa shape index (κ3) is 24.2. The van der Waals surface area contributed by atoms with Gasteiger partial charge in [-0.15, -0.1) is 0 Å². The molecule has 0 radical (unpaired) electrons. The second-order valence-corrected chi connectivity index (χ2v) is 11.2. The fraction of sp³-hybridized carbons (Fsp3) is 0.759. The van der Waals surface area contributed by atoms with Crippen molar-refractivity contribution in [3.05, 3.63) is 36.5 Å². The number of unbranched alkanes of at least 4 members (excludes halogenated alkanes) is 8. The van der Waals surface area contributed by atoms with Gasteiger partial charge in [-0.25, -0.2) is 4.57 Å². The van der Waals surface area contributed by atoms with Gasteiger partial charge in [-0.2, -0.15) is 0 Å². The Morgan fingerprint density at radius 1 is 0.897 bits per heavy atom. The molecule has 228 valence electrons. The highest BCUT2D eigenvalue weighted by atomic mass is 31.2. The van der Waals surface area contributed by atoms with Gasteiger partial charge in [0.15, 0.2) is 0 Å². The summed E-state index contributed by atoms with van der Waals surface area (Å²) in [6.07, 6.45) is 22.7. The van der Waals surface area contributed by atoms with Crippen molar-refractivity contribution in [2.45, 2.75) is 122 Å². The molecule has 0 fully saturated rings. The number of hydrogen-bond donors (Lipinski definition) is 5. The fourth-order valence-corrected chi connectivity index (χ4v) is 4.56. The fourth-order valence-electron chi connectivity index (χ4n) is 3.80. The Balaban J connectivity index is 4.73. The van der Waals surface area contributed by atoms with Crippen LogP contribution in [0.4, 0.5) is 0 Å². The van der Waals surface area contributed by atoms with Crippen LogP contribution in [0.5, 0.6) is 0 Å². The first-order valence-electron chi connectivity index (χ1n) is 14.7. The third-order valence-corrected chi connectivity index (χ3v) is 7.00. The second kappa shape index (κ2) is 25.6. The Morgan fingerprint density at radius 3 is 2.10 bits per heavy atom. The Morgan fingerprint density at radius 2 is 1.49 bits per heavy atom. The quantitative estimate of drug-likeness (QED) is 0.0519. The smallest absolute Gasteiger partial charge is 0.393 e. The Kier molecular flexibility index (Phi) is 24.8. The molecule has 0 aromatic carbocycles. The van der Waals surface area contributed by atoms with Gasteiger partial charge in [-0.05, 0) is 38.5 Å². The number of phosphoric acid groups is 1. The van der Waals surface area contributed by atoms with Crippen LogP contribution in [0.1, 0.15) is 104 Å². The van der Waals surface area contributed by atoms with Crippen molar-refractivity contribution in [3.8, 4) is 0 Å². The van der Waals surface area contributed by atoms with Crippen molar-refractivity contribution in [1.29, 1.82) is 0 Å². The molecule has 0 aliphatic carbocycles. The van der Waals surface area contributed by atoms with Crippen LogP contribution in [-0.2, 0) is 18.4 Å². The van der Waals surface area contributed by atoms with Crippen LogP contribution in [0.15, 0.2) is 36.5 Å². The molecule has 0 aromatic rings. The molecule has 0 aliphatic heterocycles. The summed E-state index contributed by atoms with van der Waals surface area (Å²) >= 11 is 0. The first-order valence-corrected chi connectivity index (χ1v) is 16.2. The minimum Gasteiger partial charge on any atom is -0.393 e. The number of carbonyl (C=O) groups excluding carboxylic acids is 1. The van der Waals surface area contributed by atoms with Gasteiger partial charge in [0.05, 0.1) is 37.9 Å². The molecule has 39 heavy (non-hydrogen) atoms. The van der Waals surface area contributed by atoms with E-state index in [9.17, 15) is 24.5 Å². The van der Waals surface area contributed by atoms with E-state index in [1.54, 1.807) is 6.08 Å². The standard InChI is InChI=1S/C29H55N2O7P/c1-3-5-7-9-11-12-13-15-17-19-21-28(33)27(25-38-39(35,36)37-23-22-30)31-29(34)24-26(32)20-18-16-14-10-8-6-4-2/h5,7,12-13,19,21,26-28,32-33H,3-4,6,8-11,14-18,20,22-25,30H2,1-2H3,(H,31,34)(H,35,36)/b7-5+,13-12+,21-19+. The lowest BCUT2D eigenvalue weighted by Crippen LogP contribution is -2.46. The molecule has 0 saturated carbocycles. The molecular formula is C29H55N2O7P. The van der Waals surface area contributed by atoms with Crippen LogP contribution in [0.3, 0.4) is 0 Å². The molecule has 0 saturated heterocycles. The highest BCUT2D eigenvalue weighted by Gasteiger charge is 2.27. The van der Waals surface area contributed by atoms with Crippen molar-refractivity contribution in [3.63, 3.8) is 0 Å². The van der Waals surface area contributed by atoms with Crippen molar-refractivity contribution in [2.75, 3.05) is 19.8 Å². The zero-order valence-electron chi connectivity index (χ0n) is 24.2. The van der Waals surface area contributed by atoms with Crippen LogP contribution in [0.25, 0.3) is 0 Å². The topological polar surface area (TPSA) is 151 Å². The normalized spacial score (nSPS) is 16.2. The Hall–Kier alpha value is -1.32. The number of allylic oxidation sites excluding steroid dienone is 5. The first kappa shape index (κ1) is 37.7. The summed E-state index contributed by atoms with van der Waals surface area (Å²) in [5.41, 5.74) is 5.30. The number of hydrogen-bond acceptors (Lipinski definition) is 7. The number of aliphatic hydroxyl groups excluding tert-OH is 2. The van der Waals surface area contributed by atoms with E-state index in [1.807, 2.05) is 0 Å². The maximum atomic E-state index is 12.6. The largest absolute Gasteiger partial charge is 0.472 e. The lowest BCUT2D eigenvalue weighted by atomic mass is 10.0. The van der Waals surface area contributed by atoms with E-state index in [-0.39, 0.29) is 19.6 Å². The average Bonchev–Trinajstić information content (AvgIpc) is 2.90. The SMILES string of the molecule is CC/C=C/CC/C=C/CC/C=C/C(O)C(COP(=O)(O)OCCN)NC(=O)CC(O)CCCCCCCCC. The predicted molar refractivity (Wildman–Crippen MR) is 158 cm³/mol. The molecule has 10 heteroatoms. The zero-order chi connectivity index (χ0) is 29.2. The van der Waals surface area contributed by atoms with Crippen LogP contribution in [0.2, 0.25) is 0 Å². The molecular weight excluding hydrogens is 519 g/mol. The van der Waals surface area contributed by atoms with Crippen LogP contribution < -0.4 is 11.1 Å². The van der Waals surface area contributed by atoms with Gasteiger partial charge >= 0.3 is 7.82 Å². The van der Waals surface area contributed by atoms with E-state index in [2.05, 4.69) is 43.5 Å². The van der Waals surface area contributed by atoms with Gasteiger partial charge in [0.2, 0.25) is 5.91 Å². The highest BCUT2D eigenvalue weighted by Crippen LogP contribution is 2.43. The molecule has 0 aliphatic rings. The predicted octanol–water partition coefficient (Wildman–Crippen LogP) is 5.46. The van der Waals surface area contributed by atoms with Gasteiger partial charge in [0, 0.05) is 6.54 Å². The molecule has 1 amide bonds. The zero-order valence-corrected chi connectivity index (χ0v) is 25.1. The van der Waals surface area contributed by atoms with E-state index >= 15 is 0 Å². The summed E-state index contributed by atoms with van der Waals surface area (Å²) in [6.45, 7) is 3.71.